The molecule has 1 aromatic rings. The lowest BCUT2D eigenvalue weighted by Crippen LogP contribution is -2.11. The van der Waals surface area contributed by atoms with E-state index in [0.717, 1.165) is 24.5 Å². The standard InChI is InChI=1S/C17H28O3/c1-4-5-6-9-12-19-16-10-7-8-11-17(16)20-14-13-18-15(2)3/h7-8,10-11,15H,4-6,9,12-14H2,1-3H3. The van der Waals surface area contributed by atoms with Gasteiger partial charge in [0.15, 0.2) is 11.5 Å². The average Bonchev–Trinajstić information content (AvgIpc) is 2.44. The van der Waals surface area contributed by atoms with E-state index in [0.29, 0.717) is 13.2 Å². The molecule has 20 heavy (non-hydrogen) atoms. The van der Waals surface area contributed by atoms with Gasteiger partial charge in [0.2, 0.25) is 0 Å². The summed E-state index contributed by atoms with van der Waals surface area (Å²) in [6.45, 7) is 8.16. The quantitative estimate of drug-likeness (QED) is 0.560. The monoisotopic (exact) mass is 280 g/mol. The van der Waals surface area contributed by atoms with Crippen molar-refractivity contribution in [3.8, 4) is 11.5 Å². The van der Waals surface area contributed by atoms with Crippen LogP contribution in [0, 0.1) is 0 Å². The zero-order valence-corrected chi connectivity index (χ0v) is 13.1. The highest BCUT2D eigenvalue weighted by molar-refractivity contribution is 5.39. The molecule has 0 fully saturated rings. The molecular formula is C17H28O3. The first kappa shape index (κ1) is 16.8. The van der Waals surface area contributed by atoms with Gasteiger partial charge in [-0.2, -0.15) is 0 Å². The number of ether oxygens (including phenoxy) is 3. The SMILES string of the molecule is CCCCCCOc1ccccc1OCCOC(C)C. The topological polar surface area (TPSA) is 27.7 Å². The molecule has 1 rings (SSSR count). The summed E-state index contributed by atoms with van der Waals surface area (Å²) in [5.41, 5.74) is 0. The predicted molar refractivity (Wildman–Crippen MR) is 82.7 cm³/mol. The van der Waals surface area contributed by atoms with Crippen LogP contribution in [0.3, 0.4) is 0 Å². The molecule has 0 aliphatic rings. The Morgan fingerprint density at radius 3 is 2.10 bits per heavy atom. The number of benzene rings is 1. The molecule has 1 aromatic carbocycles. The lowest BCUT2D eigenvalue weighted by Gasteiger charge is -2.13. The van der Waals surface area contributed by atoms with E-state index in [-0.39, 0.29) is 6.10 Å². The first-order valence-corrected chi connectivity index (χ1v) is 7.70. The molecule has 114 valence electrons. The highest BCUT2D eigenvalue weighted by Crippen LogP contribution is 2.26. The van der Waals surface area contributed by atoms with Crippen LogP contribution in [0.1, 0.15) is 46.5 Å². The Bertz CT molecular complexity index is 350. The van der Waals surface area contributed by atoms with Gasteiger partial charge >= 0.3 is 0 Å². The maximum absolute atomic E-state index is 5.80. The van der Waals surface area contributed by atoms with Gasteiger partial charge in [0.05, 0.1) is 19.3 Å². The van der Waals surface area contributed by atoms with Crippen LogP contribution in [0.4, 0.5) is 0 Å². The van der Waals surface area contributed by atoms with Gasteiger partial charge in [-0.3, -0.25) is 0 Å². The van der Waals surface area contributed by atoms with E-state index in [1.807, 2.05) is 38.1 Å². The summed E-state index contributed by atoms with van der Waals surface area (Å²) >= 11 is 0. The molecule has 0 bridgehead atoms. The maximum atomic E-state index is 5.80. The fourth-order valence-corrected chi connectivity index (χ4v) is 1.84. The molecule has 0 aromatic heterocycles. The summed E-state index contributed by atoms with van der Waals surface area (Å²) in [7, 11) is 0. The third-order valence-corrected chi connectivity index (χ3v) is 2.90. The van der Waals surface area contributed by atoms with Crippen LogP contribution in [0.5, 0.6) is 11.5 Å². The van der Waals surface area contributed by atoms with Crippen molar-refractivity contribution >= 4 is 0 Å². The van der Waals surface area contributed by atoms with Crippen LogP contribution in [0.25, 0.3) is 0 Å². The van der Waals surface area contributed by atoms with Gasteiger partial charge in [0, 0.05) is 0 Å². The summed E-state index contributed by atoms with van der Waals surface area (Å²) in [4.78, 5) is 0. The Kier molecular flexibility index (Phi) is 8.88. The Hall–Kier alpha value is -1.22. The van der Waals surface area contributed by atoms with Gasteiger partial charge in [0.25, 0.3) is 0 Å². The molecular weight excluding hydrogens is 252 g/mol. The third kappa shape index (κ3) is 7.39. The third-order valence-electron chi connectivity index (χ3n) is 2.90. The van der Waals surface area contributed by atoms with Crippen molar-refractivity contribution in [2.24, 2.45) is 0 Å². The van der Waals surface area contributed by atoms with Gasteiger partial charge in [-0.05, 0) is 32.4 Å². The van der Waals surface area contributed by atoms with E-state index in [1.165, 1.54) is 19.3 Å². The fourth-order valence-electron chi connectivity index (χ4n) is 1.84. The molecule has 0 heterocycles. The normalized spacial score (nSPS) is 10.8. The van der Waals surface area contributed by atoms with E-state index in [9.17, 15) is 0 Å². The zero-order chi connectivity index (χ0) is 14.6. The van der Waals surface area contributed by atoms with E-state index in [2.05, 4.69) is 6.92 Å². The summed E-state index contributed by atoms with van der Waals surface area (Å²) in [5.74, 6) is 1.63. The van der Waals surface area contributed by atoms with Crippen molar-refractivity contribution in [3.63, 3.8) is 0 Å². The first-order chi connectivity index (χ1) is 9.74. The first-order valence-electron chi connectivity index (χ1n) is 7.70. The van der Waals surface area contributed by atoms with Crippen LogP contribution in [0.15, 0.2) is 24.3 Å². The van der Waals surface area contributed by atoms with Crippen molar-refractivity contribution in [2.75, 3.05) is 19.8 Å². The molecule has 0 radical (unpaired) electrons. The van der Waals surface area contributed by atoms with Gasteiger partial charge in [-0.15, -0.1) is 0 Å². The number of rotatable bonds is 11. The molecule has 0 spiro atoms. The van der Waals surface area contributed by atoms with Crippen molar-refractivity contribution in [2.45, 2.75) is 52.6 Å². The minimum absolute atomic E-state index is 0.239. The fraction of sp³-hybridized carbons (Fsp3) is 0.647. The van der Waals surface area contributed by atoms with Gasteiger partial charge in [0.1, 0.15) is 6.61 Å². The molecule has 0 amide bonds. The van der Waals surface area contributed by atoms with Crippen LogP contribution in [-0.4, -0.2) is 25.9 Å². The van der Waals surface area contributed by atoms with E-state index >= 15 is 0 Å². The van der Waals surface area contributed by atoms with Crippen LogP contribution < -0.4 is 9.47 Å². The molecule has 0 aliphatic heterocycles. The van der Waals surface area contributed by atoms with Crippen LogP contribution >= 0.6 is 0 Å². The van der Waals surface area contributed by atoms with E-state index < -0.39 is 0 Å². The largest absolute Gasteiger partial charge is 0.490 e. The molecule has 0 unspecified atom stereocenters. The number of unbranched alkanes of at least 4 members (excludes halogenated alkanes) is 3. The molecule has 0 saturated heterocycles. The highest BCUT2D eigenvalue weighted by Gasteiger charge is 2.04. The smallest absolute Gasteiger partial charge is 0.161 e. The second-order valence-corrected chi connectivity index (χ2v) is 5.12. The number of para-hydroxylation sites is 2. The summed E-state index contributed by atoms with van der Waals surface area (Å²) in [6.07, 6.45) is 5.08. The molecule has 3 nitrogen and oxygen atoms in total. The molecule has 0 atom stereocenters. The lowest BCUT2D eigenvalue weighted by molar-refractivity contribution is 0.0545. The Balaban J connectivity index is 2.31. The Morgan fingerprint density at radius 1 is 0.850 bits per heavy atom. The van der Waals surface area contributed by atoms with Crippen molar-refractivity contribution in [3.05, 3.63) is 24.3 Å². The average molecular weight is 280 g/mol. The molecule has 0 saturated carbocycles. The van der Waals surface area contributed by atoms with Crippen LogP contribution in [-0.2, 0) is 4.74 Å². The predicted octanol–water partition coefficient (Wildman–Crippen LogP) is 4.45. The zero-order valence-electron chi connectivity index (χ0n) is 13.1. The summed E-state index contributed by atoms with van der Waals surface area (Å²) in [6, 6.07) is 7.83. The molecule has 0 N–H and O–H groups in total. The number of hydrogen-bond donors (Lipinski definition) is 0. The molecule has 3 heteroatoms. The van der Waals surface area contributed by atoms with Gasteiger partial charge in [-0.25, -0.2) is 0 Å². The Labute approximate surface area is 123 Å². The van der Waals surface area contributed by atoms with Crippen molar-refractivity contribution < 1.29 is 14.2 Å². The number of hydrogen-bond acceptors (Lipinski definition) is 3. The highest BCUT2D eigenvalue weighted by atomic mass is 16.5. The maximum Gasteiger partial charge on any atom is 0.161 e. The second-order valence-electron chi connectivity index (χ2n) is 5.12. The Morgan fingerprint density at radius 2 is 1.50 bits per heavy atom. The minimum Gasteiger partial charge on any atom is -0.490 e. The van der Waals surface area contributed by atoms with E-state index in [4.69, 9.17) is 14.2 Å². The van der Waals surface area contributed by atoms with Gasteiger partial charge in [-0.1, -0.05) is 38.3 Å². The van der Waals surface area contributed by atoms with Crippen molar-refractivity contribution in [1.82, 2.24) is 0 Å². The van der Waals surface area contributed by atoms with Crippen molar-refractivity contribution in [1.29, 1.82) is 0 Å². The van der Waals surface area contributed by atoms with Gasteiger partial charge < -0.3 is 14.2 Å². The summed E-state index contributed by atoms with van der Waals surface area (Å²) in [5, 5.41) is 0. The second kappa shape index (κ2) is 10.6. The van der Waals surface area contributed by atoms with E-state index in [1.54, 1.807) is 0 Å². The molecule has 0 aliphatic carbocycles. The minimum atomic E-state index is 0.239. The van der Waals surface area contributed by atoms with Crippen LogP contribution in [0.2, 0.25) is 0 Å². The lowest BCUT2D eigenvalue weighted by atomic mass is 10.2. The summed E-state index contributed by atoms with van der Waals surface area (Å²) < 4.78 is 17.0.